The summed E-state index contributed by atoms with van der Waals surface area (Å²) in [4.78, 5) is 24.4. The number of hydrogen-bond acceptors (Lipinski definition) is 16. The number of nitrogens with zero attached hydrogens (tertiary/aromatic N) is 6. The number of ether oxygens (including phenoxy) is 2. The van der Waals surface area contributed by atoms with E-state index in [1.807, 2.05) is 74.5 Å². The first-order chi connectivity index (χ1) is 25.7. The number of benzene rings is 2. The monoisotopic (exact) mass is 760 g/mol. The Labute approximate surface area is 311 Å². The fourth-order valence-electron chi connectivity index (χ4n) is 4.88. The molecule has 0 bridgehead atoms. The fourth-order valence-corrected chi connectivity index (χ4v) is 6.55. The van der Waals surface area contributed by atoms with Gasteiger partial charge in [0.25, 0.3) is 11.8 Å². The van der Waals surface area contributed by atoms with Crippen LogP contribution in [0.3, 0.4) is 0 Å². The average Bonchev–Trinajstić information content (AvgIpc) is 4.03. The molecule has 1 aliphatic heterocycles. The number of aromatic nitrogens is 6. The van der Waals surface area contributed by atoms with Crippen molar-refractivity contribution in [3.63, 3.8) is 0 Å². The van der Waals surface area contributed by atoms with Crippen LogP contribution in [0.2, 0.25) is 0 Å². The molecular weight excluding hydrogens is 725 g/mol. The van der Waals surface area contributed by atoms with Gasteiger partial charge < -0.3 is 39.4 Å². The Bertz CT molecular complexity index is 2080. The summed E-state index contributed by atoms with van der Waals surface area (Å²) in [5, 5.41) is 50.2. The molecule has 0 aliphatic carbocycles. The smallest absolute Gasteiger partial charge is 0.273 e. The summed E-state index contributed by atoms with van der Waals surface area (Å²) in [6.07, 6.45) is -0.177. The molecule has 0 unspecified atom stereocenters. The van der Waals surface area contributed by atoms with Gasteiger partial charge in [-0.1, -0.05) is 93.7 Å². The lowest BCUT2D eigenvalue weighted by molar-refractivity contribution is -0.139. The van der Waals surface area contributed by atoms with Crippen LogP contribution in [0.25, 0.3) is 22.6 Å². The minimum Gasteiger partial charge on any atom is -0.393 e. The molecule has 0 radical (unpaired) electrons. The Morgan fingerprint density at radius 1 is 0.811 bits per heavy atom. The van der Waals surface area contributed by atoms with E-state index in [9.17, 15) is 14.7 Å². The highest BCUT2D eigenvalue weighted by atomic mass is 32.1. The van der Waals surface area contributed by atoms with Crippen LogP contribution in [0.15, 0.2) is 81.8 Å². The number of amides is 2. The Hall–Kier alpha value is -5.24. The lowest BCUT2D eigenvalue weighted by Crippen LogP contribution is -2.25. The van der Waals surface area contributed by atoms with Crippen molar-refractivity contribution in [2.75, 3.05) is 26.3 Å². The maximum Gasteiger partial charge on any atom is 0.273 e. The van der Waals surface area contributed by atoms with Gasteiger partial charge >= 0.3 is 0 Å². The van der Waals surface area contributed by atoms with Crippen LogP contribution in [0.4, 0.5) is 0 Å². The van der Waals surface area contributed by atoms with Gasteiger partial charge in [-0.3, -0.25) is 9.59 Å². The lowest BCUT2D eigenvalue weighted by atomic mass is 10.1. The molecule has 18 heteroatoms. The number of hydrogen-bond donors (Lipinski definition) is 4. The van der Waals surface area contributed by atoms with Gasteiger partial charge in [-0.25, -0.2) is 0 Å². The molecule has 2 amide bonds. The van der Waals surface area contributed by atoms with Crippen molar-refractivity contribution in [2.45, 2.75) is 44.7 Å². The van der Waals surface area contributed by atoms with Crippen LogP contribution in [0.1, 0.15) is 67.1 Å². The van der Waals surface area contributed by atoms with E-state index >= 15 is 0 Å². The van der Waals surface area contributed by atoms with Gasteiger partial charge in [0.05, 0.1) is 13.2 Å². The quantitative estimate of drug-likeness (QED) is 0.130. The van der Waals surface area contributed by atoms with E-state index in [-0.39, 0.29) is 29.3 Å². The first kappa shape index (κ1) is 37.5. The van der Waals surface area contributed by atoms with Gasteiger partial charge in [0, 0.05) is 49.2 Å². The third kappa shape index (κ3) is 10.2. The summed E-state index contributed by atoms with van der Waals surface area (Å²) >= 11 is 2.66. The van der Waals surface area contributed by atoms with E-state index in [4.69, 9.17) is 23.6 Å². The zero-order valence-electron chi connectivity index (χ0n) is 28.7. The third-order valence-electron chi connectivity index (χ3n) is 7.56. The van der Waals surface area contributed by atoms with Crippen molar-refractivity contribution in [3.8, 4) is 22.6 Å². The molecule has 53 heavy (non-hydrogen) atoms. The summed E-state index contributed by atoms with van der Waals surface area (Å²) in [5.41, 5.74) is 2.16. The molecule has 6 aromatic rings. The summed E-state index contributed by atoms with van der Waals surface area (Å²) in [6, 6.07) is 22.1. The molecule has 5 heterocycles. The van der Waals surface area contributed by atoms with E-state index in [0.29, 0.717) is 54.1 Å². The Morgan fingerprint density at radius 2 is 1.34 bits per heavy atom. The zero-order valence-corrected chi connectivity index (χ0v) is 30.3. The van der Waals surface area contributed by atoms with E-state index in [2.05, 4.69) is 41.3 Å². The van der Waals surface area contributed by atoms with E-state index < -0.39 is 18.5 Å². The number of nitrogens with one attached hydrogen (secondary N) is 2. The fraction of sp³-hybridized carbons (Fsp3) is 0.314. The second-order valence-electron chi connectivity index (χ2n) is 12.0. The second-order valence-corrected chi connectivity index (χ2v) is 14.2. The summed E-state index contributed by atoms with van der Waals surface area (Å²) in [5.74, 6) is -0.143. The minimum atomic E-state index is -1.02. The van der Waals surface area contributed by atoms with Gasteiger partial charge in [-0.05, 0) is 13.8 Å². The maximum absolute atomic E-state index is 12.3. The van der Waals surface area contributed by atoms with Crippen LogP contribution in [0.5, 0.6) is 0 Å². The van der Waals surface area contributed by atoms with Crippen LogP contribution < -0.4 is 10.6 Å². The molecule has 7 rings (SSSR count). The van der Waals surface area contributed by atoms with Crippen molar-refractivity contribution in [3.05, 3.63) is 104 Å². The molecule has 1 saturated heterocycles. The van der Waals surface area contributed by atoms with Crippen LogP contribution in [0, 0.1) is 0 Å². The van der Waals surface area contributed by atoms with E-state index in [1.165, 1.54) is 22.7 Å². The second kappa shape index (κ2) is 17.5. The summed E-state index contributed by atoms with van der Waals surface area (Å²) < 4.78 is 21.8. The van der Waals surface area contributed by atoms with Gasteiger partial charge in [0.2, 0.25) is 0 Å². The topological polar surface area (TPSA) is 221 Å². The molecule has 1 aliphatic rings. The standard InChI is InChI=1S/C19H20N4O4S.C16H16N4O4S/c1-19(2)25-11-15(26-19)18-22-21-16(28-18)8-9-20-17(24)13-10-14(27-23-13)12-6-4-3-5-7-12;21-9-12(22)16-19-18-14(25-16)6-7-17-15(23)11-8-13(24-20-11)10-4-2-1-3-5-10/h3-7,10,15H,8-9,11H2,1-2H3,(H,20,24);1-5,8,12,21-22H,6-7,9H2,(H,17,23)/t15-;12-/m11/s1. The van der Waals surface area contributed by atoms with Crippen molar-refractivity contribution in [1.82, 2.24) is 41.3 Å². The van der Waals surface area contributed by atoms with Gasteiger partial charge in [0.15, 0.2) is 28.7 Å². The van der Waals surface area contributed by atoms with E-state index in [1.54, 1.807) is 12.1 Å². The summed E-state index contributed by atoms with van der Waals surface area (Å²) in [6.45, 7) is 4.58. The SMILES string of the molecule is CC1(C)OC[C@H](c2nnc(CCNC(=O)c3cc(-c4ccccc4)on3)s2)O1.O=C(NCCc1nnc([C@H](O)CO)s1)c1cc(-c2ccccc2)on1. The van der Waals surface area contributed by atoms with Gasteiger partial charge in [0.1, 0.15) is 32.2 Å². The molecule has 4 aromatic heterocycles. The van der Waals surface area contributed by atoms with Crippen molar-refractivity contribution < 1.29 is 38.3 Å². The third-order valence-corrected chi connectivity index (χ3v) is 9.72. The number of rotatable bonds is 13. The Balaban J connectivity index is 0.000000183. The van der Waals surface area contributed by atoms with Crippen molar-refractivity contribution >= 4 is 34.5 Å². The average molecular weight is 761 g/mol. The molecule has 2 atom stereocenters. The van der Waals surface area contributed by atoms with E-state index in [0.717, 1.165) is 21.1 Å². The highest BCUT2D eigenvalue weighted by molar-refractivity contribution is 7.11. The highest BCUT2D eigenvalue weighted by Crippen LogP contribution is 2.34. The van der Waals surface area contributed by atoms with Crippen LogP contribution in [-0.2, 0) is 22.3 Å². The zero-order chi connectivity index (χ0) is 37.2. The Morgan fingerprint density at radius 3 is 1.85 bits per heavy atom. The Kier molecular flexibility index (Phi) is 12.4. The first-order valence-electron chi connectivity index (χ1n) is 16.5. The van der Waals surface area contributed by atoms with Crippen molar-refractivity contribution in [2.24, 2.45) is 0 Å². The number of aliphatic hydroxyl groups excluding tert-OH is 2. The molecule has 0 saturated carbocycles. The summed E-state index contributed by atoms with van der Waals surface area (Å²) in [7, 11) is 0. The first-order valence-corrected chi connectivity index (χ1v) is 18.2. The van der Waals surface area contributed by atoms with Crippen LogP contribution >= 0.6 is 22.7 Å². The number of aliphatic hydroxyl groups is 2. The number of carbonyl (C=O) groups excluding carboxylic acids is 2. The van der Waals surface area contributed by atoms with Gasteiger partial charge in [-0.2, -0.15) is 0 Å². The molecule has 4 N–H and O–H groups in total. The maximum atomic E-state index is 12.3. The lowest BCUT2D eigenvalue weighted by Gasteiger charge is -2.15. The largest absolute Gasteiger partial charge is 0.393 e. The van der Waals surface area contributed by atoms with Crippen LogP contribution in [-0.4, -0.2) is 84.8 Å². The highest BCUT2D eigenvalue weighted by Gasteiger charge is 2.35. The van der Waals surface area contributed by atoms with Gasteiger partial charge in [-0.15, -0.1) is 20.4 Å². The molecule has 16 nitrogen and oxygen atoms in total. The minimum absolute atomic E-state index is 0.192. The predicted molar refractivity (Wildman–Crippen MR) is 192 cm³/mol. The normalized spacial score (nSPS) is 15.4. The van der Waals surface area contributed by atoms with Crippen molar-refractivity contribution in [1.29, 1.82) is 0 Å². The molecule has 1 fully saturated rings. The predicted octanol–water partition coefficient (Wildman–Crippen LogP) is 4.18. The molecular formula is C35H36N8O8S2. The molecule has 2 aromatic carbocycles. The molecule has 0 spiro atoms. The molecule has 276 valence electrons. The number of carbonyl (C=O) groups is 2.